The van der Waals surface area contributed by atoms with Crippen molar-refractivity contribution in [2.45, 2.75) is 336 Å². The molecule has 1 aromatic rings. The van der Waals surface area contributed by atoms with Gasteiger partial charge in [0.25, 0.3) is 0 Å². The minimum Gasteiger partial charge on any atom is -0.490 e. The van der Waals surface area contributed by atoms with E-state index in [4.69, 9.17) is 23.7 Å². The van der Waals surface area contributed by atoms with Crippen molar-refractivity contribution >= 4 is 11.9 Å². The Labute approximate surface area is 447 Å². The molecule has 1 rings (SSSR count). The lowest BCUT2D eigenvalue weighted by Gasteiger charge is -2.19. The number of hydrogen-bond donors (Lipinski definition) is 0. The fraction of sp³-hybridized carbons (Fsp3) is 0.877. The predicted octanol–water partition coefficient (Wildman–Crippen LogP) is 21.3. The topological polar surface area (TPSA) is 80.3 Å². The van der Waals surface area contributed by atoms with Gasteiger partial charge in [-0.1, -0.05) is 297 Å². The number of ether oxygens (including phenoxy) is 5. The fourth-order valence-electron chi connectivity index (χ4n) is 9.85. The molecule has 72 heavy (non-hydrogen) atoms. The molecular formula is C65H120O7. The van der Waals surface area contributed by atoms with Crippen LogP contribution in [-0.4, -0.2) is 45.0 Å². The summed E-state index contributed by atoms with van der Waals surface area (Å²) in [6, 6.07) is 3.68. The Morgan fingerprint density at radius 1 is 0.292 bits per heavy atom. The van der Waals surface area contributed by atoms with Gasteiger partial charge in [-0.05, 0) is 44.2 Å². The Hall–Kier alpha value is -2.44. The summed E-state index contributed by atoms with van der Waals surface area (Å²) in [5.74, 6) is 1.30. The molecule has 0 unspecified atom stereocenters. The molecule has 0 aromatic heterocycles. The summed E-state index contributed by atoms with van der Waals surface area (Å²) in [5.41, 5.74) is 0.469. The van der Waals surface area contributed by atoms with E-state index >= 15 is 0 Å². The second-order valence-electron chi connectivity index (χ2n) is 21.7. The van der Waals surface area contributed by atoms with Crippen molar-refractivity contribution < 1.29 is 33.3 Å². The fourth-order valence-corrected chi connectivity index (χ4v) is 9.85. The molecule has 422 valence electrons. The number of benzene rings is 1. The number of unbranched alkanes of at least 4 members (excludes halogenated alkanes) is 44. The molecule has 1 aromatic carbocycles. The van der Waals surface area contributed by atoms with Crippen LogP contribution in [-0.2, 0) is 14.3 Å². The summed E-state index contributed by atoms with van der Waals surface area (Å²) in [6.07, 6.45) is 61.3. The van der Waals surface area contributed by atoms with E-state index < -0.39 is 0 Å². The summed E-state index contributed by atoms with van der Waals surface area (Å²) < 4.78 is 30.6. The Bertz CT molecular complexity index is 1240. The normalized spacial score (nSPS) is 11.3. The lowest BCUT2D eigenvalue weighted by Crippen LogP contribution is -2.11. The second-order valence-corrected chi connectivity index (χ2v) is 21.7. The van der Waals surface area contributed by atoms with Gasteiger partial charge in [-0.2, -0.15) is 0 Å². The number of esters is 2. The van der Waals surface area contributed by atoms with E-state index in [1.54, 1.807) is 0 Å². The average Bonchev–Trinajstić information content (AvgIpc) is 3.38. The van der Waals surface area contributed by atoms with Crippen molar-refractivity contribution in [1.29, 1.82) is 0 Å². The Morgan fingerprint density at radius 2 is 0.514 bits per heavy atom. The molecular weight excluding hydrogens is 893 g/mol. The maximum atomic E-state index is 13.6. The number of rotatable bonds is 58. The third kappa shape index (κ3) is 45.0. The largest absolute Gasteiger partial charge is 0.490 e. The highest BCUT2D eigenvalue weighted by Crippen LogP contribution is 2.40. The van der Waals surface area contributed by atoms with Crippen molar-refractivity contribution in [1.82, 2.24) is 0 Å². The van der Waals surface area contributed by atoms with Crippen LogP contribution in [0.4, 0.5) is 0 Å². The molecule has 0 aliphatic heterocycles. The molecule has 0 amide bonds. The van der Waals surface area contributed by atoms with Crippen LogP contribution in [0, 0.1) is 0 Å². The third-order valence-corrected chi connectivity index (χ3v) is 14.6. The zero-order chi connectivity index (χ0) is 51.9. The highest BCUT2D eigenvalue weighted by atomic mass is 16.5. The summed E-state index contributed by atoms with van der Waals surface area (Å²) >= 11 is 0. The van der Waals surface area contributed by atoms with Gasteiger partial charge >= 0.3 is 11.9 Å². The van der Waals surface area contributed by atoms with Crippen molar-refractivity contribution in [3.8, 4) is 17.2 Å². The standard InChI is InChI=1S/C65H120O7/c1-5-8-11-14-17-20-23-26-29-32-35-38-44-49-54-69-62-58-61(65(67)72-57-52-47-42-41-43-48-53-68-60(4)66)59-63(70-55-50-45-39-36-33-30-27-24-21-18-15-12-9-6-2)64(62)71-56-51-46-40-37-34-31-28-25-22-19-16-13-10-7-3/h58-59H,5-57H2,1-4H3. The van der Waals surface area contributed by atoms with Crippen LogP contribution in [0.25, 0.3) is 0 Å². The van der Waals surface area contributed by atoms with Gasteiger partial charge in [0.1, 0.15) is 0 Å². The van der Waals surface area contributed by atoms with Crippen LogP contribution >= 0.6 is 0 Å². The SMILES string of the molecule is CCCCCCCCCCCCCCCCOc1cc(C(=O)OCCCCCCCCOC(C)=O)cc(OCCCCCCCCCCCCCCCC)c1OCCCCCCCCCCCCCCCC. The lowest BCUT2D eigenvalue weighted by atomic mass is 10.0. The molecule has 0 N–H and O–H groups in total. The minimum absolute atomic E-state index is 0.216. The van der Waals surface area contributed by atoms with Crippen LogP contribution in [0.3, 0.4) is 0 Å². The molecule has 0 fully saturated rings. The van der Waals surface area contributed by atoms with Crippen molar-refractivity contribution in [3.05, 3.63) is 17.7 Å². The summed E-state index contributed by atoms with van der Waals surface area (Å²) in [4.78, 5) is 24.7. The van der Waals surface area contributed by atoms with E-state index in [0.29, 0.717) is 55.8 Å². The smallest absolute Gasteiger partial charge is 0.338 e. The van der Waals surface area contributed by atoms with E-state index in [2.05, 4.69) is 20.8 Å². The van der Waals surface area contributed by atoms with Crippen molar-refractivity contribution in [2.75, 3.05) is 33.0 Å². The molecule has 7 heteroatoms. The van der Waals surface area contributed by atoms with Gasteiger partial charge in [0, 0.05) is 6.92 Å². The highest BCUT2D eigenvalue weighted by Gasteiger charge is 2.20. The van der Waals surface area contributed by atoms with Crippen molar-refractivity contribution in [3.63, 3.8) is 0 Å². The Morgan fingerprint density at radius 3 is 0.778 bits per heavy atom. The monoisotopic (exact) mass is 1010 g/mol. The Balaban J connectivity index is 2.82. The lowest BCUT2D eigenvalue weighted by molar-refractivity contribution is -0.141. The summed E-state index contributed by atoms with van der Waals surface area (Å²) in [6.45, 7) is 11.0. The summed E-state index contributed by atoms with van der Waals surface area (Å²) in [5, 5.41) is 0. The van der Waals surface area contributed by atoms with Crippen LogP contribution in [0.5, 0.6) is 17.2 Å². The van der Waals surface area contributed by atoms with Crippen LogP contribution < -0.4 is 14.2 Å². The summed E-state index contributed by atoms with van der Waals surface area (Å²) in [7, 11) is 0. The van der Waals surface area contributed by atoms with Gasteiger partial charge in [0.05, 0.1) is 38.6 Å². The first kappa shape index (κ1) is 67.6. The molecule has 0 aliphatic rings. The molecule has 0 saturated heterocycles. The third-order valence-electron chi connectivity index (χ3n) is 14.6. The number of carbonyl (C=O) groups is 2. The first-order valence-electron chi connectivity index (χ1n) is 31.9. The maximum absolute atomic E-state index is 13.6. The van der Waals surface area contributed by atoms with Gasteiger partial charge in [-0.25, -0.2) is 4.79 Å². The number of hydrogen-bond acceptors (Lipinski definition) is 7. The van der Waals surface area contributed by atoms with E-state index in [1.807, 2.05) is 12.1 Å². The van der Waals surface area contributed by atoms with Crippen LogP contribution in [0.15, 0.2) is 12.1 Å². The average molecular weight is 1010 g/mol. The number of carbonyl (C=O) groups excluding carboxylic acids is 2. The van der Waals surface area contributed by atoms with Gasteiger partial charge in [0.2, 0.25) is 5.75 Å². The van der Waals surface area contributed by atoms with Gasteiger partial charge in [0.15, 0.2) is 11.5 Å². The molecule has 0 radical (unpaired) electrons. The molecule has 0 spiro atoms. The van der Waals surface area contributed by atoms with Gasteiger partial charge < -0.3 is 23.7 Å². The van der Waals surface area contributed by atoms with E-state index in [1.165, 1.54) is 238 Å². The second kappa shape index (κ2) is 54.8. The quantitative estimate of drug-likeness (QED) is 0.0475. The van der Waals surface area contributed by atoms with Gasteiger partial charge in [-0.3, -0.25) is 4.79 Å². The van der Waals surface area contributed by atoms with Crippen LogP contribution in [0.2, 0.25) is 0 Å². The van der Waals surface area contributed by atoms with Gasteiger partial charge in [-0.15, -0.1) is 0 Å². The van der Waals surface area contributed by atoms with E-state index in [0.717, 1.165) is 77.0 Å². The predicted molar refractivity (Wildman–Crippen MR) is 308 cm³/mol. The first-order valence-corrected chi connectivity index (χ1v) is 31.9. The van der Waals surface area contributed by atoms with E-state index in [9.17, 15) is 9.59 Å². The molecule has 0 atom stereocenters. The van der Waals surface area contributed by atoms with E-state index in [-0.39, 0.29) is 11.9 Å². The van der Waals surface area contributed by atoms with Crippen LogP contribution in [0.1, 0.15) is 346 Å². The molecule has 0 heterocycles. The first-order chi connectivity index (χ1) is 35.5. The highest BCUT2D eigenvalue weighted by molar-refractivity contribution is 5.91. The van der Waals surface area contributed by atoms with Crippen molar-refractivity contribution in [2.24, 2.45) is 0 Å². The maximum Gasteiger partial charge on any atom is 0.338 e. The molecule has 7 nitrogen and oxygen atoms in total. The zero-order valence-corrected chi connectivity index (χ0v) is 48.5. The molecule has 0 aliphatic carbocycles. The molecule has 0 saturated carbocycles. The molecule has 0 bridgehead atoms. The Kier molecular flexibility index (Phi) is 51.4. The minimum atomic E-state index is -0.336. The zero-order valence-electron chi connectivity index (χ0n) is 48.5.